The second-order valence-electron chi connectivity index (χ2n) is 5.03. The second kappa shape index (κ2) is 7.63. The zero-order valence-corrected chi connectivity index (χ0v) is 13.6. The minimum Gasteiger partial charge on any atom is -0.398 e. The summed E-state index contributed by atoms with van der Waals surface area (Å²) < 4.78 is 26.4. The van der Waals surface area contributed by atoms with Crippen molar-refractivity contribution in [3.05, 3.63) is 23.2 Å². The van der Waals surface area contributed by atoms with Gasteiger partial charge in [0.2, 0.25) is 15.9 Å². The highest BCUT2D eigenvalue weighted by molar-refractivity contribution is 7.89. The molecular formula is C13H20ClN3O3S. The maximum Gasteiger partial charge on any atom is 0.242 e. The molecule has 6 nitrogen and oxygen atoms in total. The van der Waals surface area contributed by atoms with Crippen molar-refractivity contribution < 1.29 is 13.2 Å². The lowest BCUT2D eigenvalue weighted by molar-refractivity contribution is -0.121. The largest absolute Gasteiger partial charge is 0.398 e. The number of sulfonamides is 1. The van der Waals surface area contributed by atoms with Crippen LogP contribution in [0.5, 0.6) is 0 Å². The lowest BCUT2D eigenvalue weighted by atomic mass is 10.2. The molecule has 1 amide bonds. The van der Waals surface area contributed by atoms with Gasteiger partial charge in [0, 0.05) is 24.5 Å². The molecule has 0 aliphatic rings. The number of carbonyl (C=O) groups is 1. The van der Waals surface area contributed by atoms with E-state index < -0.39 is 10.0 Å². The molecule has 0 fully saturated rings. The molecule has 4 N–H and O–H groups in total. The fourth-order valence-electron chi connectivity index (χ4n) is 1.55. The number of rotatable bonds is 7. The molecule has 0 saturated heterocycles. The predicted molar refractivity (Wildman–Crippen MR) is 83.5 cm³/mol. The van der Waals surface area contributed by atoms with Crippen molar-refractivity contribution in [2.75, 3.05) is 18.8 Å². The minimum atomic E-state index is -3.75. The Labute approximate surface area is 130 Å². The standard InChI is InChI=1S/C13H20ClN3O3S/c1-9(2)8-16-13(18)5-6-17-21(19,20)12-4-3-10(14)7-11(12)15/h3-4,7,9,17H,5-6,8,15H2,1-2H3,(H,16,18). The molecule has 8 heteroatoms. The molecule has 21 heavy (non-hydrogen) atoms. The monoisotopic (exact) mass is 333 g/mol. The van der Waals surface area contributed by atoms with Crippen LogP contribution < -0.4 is 15.8 Å². The normalized spacial score (nSPS) is 11.6. The van der Waals surface area contributed by atoms with Gasteiger partial charge in [-0.3, -0.25) is 4.79 Å². The van der Waals surface area contributed by atoms with Crippen LogP contribution in [0.15, 0.2) is 23.1 Å². The molecule has 1 rings (SSSR count). The summed E-state index contributed by atoms with van der Waals surface area (Å²) in [4.78, 5) is 11.4. The highest BCUT2D eigenvalue weighted by atomic mass is 35.5. The fourth-order valence-corrected chi connectivity index (χ4v) is 2.87. The van der Waals surface area contributed by atoms with Crippen LogP contribution in [0.25, 0.3) is 0 Å². The third-order valence-corrected chi connectivity index (χ3v) is 4.38. The van der Waals surface area contributed by atoms with Crippen LogP contribution in [-0.2, 0) is 14.8 Å². The molecule has 0 spiro atoms. The summed E-state index contributed by atoms with van der Waals surface area (Å²) in [6, 6.07) is 4.14. The molecule has 0 radical (unpaired) electrons. The van der Waals surface area contributed by atoms with Crippen molar-refractivity contribution in [3.63, 3.8) is 0 Å². The van der Waals surface area contributed by atoms with E-state index in [1.165, 1.54) is 18.2 Å². The van der Waals surface area contributed by atoms with Crippen LogP contribution in [0.4, 0.5) is 5.69 Å². The molecule has 0 aliphatic carbocycles. The van der Waals surface area contributed by atoms with Crippen molar-refractivity contribution in [2.24, 2.45) is 5.92 Å². The van der Waals surface area contributed by atoms with E-state index in [1.807, 2.05) is 13.8 Å². The summed E-state index contributed by atoms with van der Waals surface area (Å²) in [7, 11) is -3.75. The third-order valence-electron chi connectivity index (χ3n) is 2.61. The van der Waals surface area contributed by atoms with E-state index in [4.69, 9.17) is 17.3 Å². The first-order valence-electron chi connectivity index (χ1n) is 6.54. The van der Waals surface area contributed by atoms with Crippen LogP contribution in [0.2, 0.25) is 5.02 Å². The first kappa shape index (κ1) is 17.7. The Bertz CT molecular complexity index is 603. The Kier molecular flexibility index (Phi) is 6.44. The van der Waals surface area contributed by atoms with Crippen molar-refractivity contribution in [3.8, 4) is 0 Å². The van der Waals surface area contributed by atoms with Gasteiger partial charge in [0.25, 0.3) is 0 Å². The summed E-state index contributed by atoms with van der Waals surface area (Å²) in [5.41, 5.74) is 5.71. The highest BCUT2D eigenvalue weighted by Crippen LogP contribution is 2.22. The molecule has 0 saturated carbocycles. The predicted octanol–water partition coefficient (Wildman–Crippen LogP) is 1.36. The number of hydrogen-bond acceptors (Lipinski definition) is 4. The Morgan fingerprint density at radius 2 is 2.05 bits per heavy atom. The van der Waals surface area contributed by atoms with Crippen molar-refractivity contribution >= 4 is 33.2 Å². The number of benzene rings is 1. The van der Waals surface area contributed by atoms with E-state index in [0.29, 0.717) is 17.5 Å². The lowest BCUT2D eigenvalue weighted by Gasteiger charge is -2.10. The highest BCUT2D eigenvalue weighted by Gasteiger charge is 2.17. The number of halogens is 1. The molecule has 0 aromatic heterocycles. The van der Waals surface area contributed by atoms with Gasteiger partial charge in [0.1, 0.15) is 4.90 Å². The number of hydrogen-bond donors (Lipinski definition) is 3. The van der Waals surface area contributed by atoms with Gasteiger partial charge in [-0.2, -0.15) is 0 Å². The lowest BCUT2D eigenvalue weighted by Crippen LogP contribution is -2.32. The molecule has 0 unspecified atom stereocenters. The Morgan fingerprint density at radius 3 is 2.62 bits per heavy atom. The van der Waals surface area contributed by atoms with Gasteiger partial charge < -0.3 is 11.1 Å². The van der Waals surface area contributed by atoms with Crippen LogP contribution in [0, 0.1) is 5.92 Å². The van der Waals surface area contributed by atoms with Crippen LogP contribution in [0.3, 0.4) is 0 Å². The summed E-state index contributed by atoms with van der Waals surface area (Å²) in [5.74, 6) is 0.148. The van der Waals surface area contributed by atoms with Gasteiger partial charge in [-0.1, -0.05) is 25.4 Å². The van der Waals surface area contributed by atoms with Crippen molar-refractivity contribution in [1.82, 2.24) is 10.0 Å². The first-order chi connectivity index (χ1) is 9.72. The number of nitrogens with two attached hydrogens (primary N) is 1. The third kappa shape index (κ3) is 5.91. The zero-order valence-electron chi connectivity index (χ0n) is 12.0. The maximum absolute atomic E-state index is 12.0. The molecule has 1 aromatic carbocycles. The van der Waals surface area contributed by atoms with Crippen LogP contribution in [0.1, 0.15) is 20.3 Å². The van der Waals surface area contributed by atoms with E-state index in [9.17, 15) is 13.2 Å². The second-order valence-corrected chi connectivity index (χ2v) is 7.20. The molecule has 118 valence electrons. The van der Waals surface area contributed by atoms with Crippen LogP contribution in [-0.4, -0.2) is 27.4 Å². The Morgan fingerprint density at radius 1 is 1.38 bits per heavy atom. The quantitative estimate of drug-likeness (QED) is 0.656. The first-order valence-corrected chi connectivity index (χ1v) is 8.40. The van der Waals surface area contributed by atoms with E-state index in [2.05, 4.69) is 10.0 Å². The molecule has 1 aromatic rings. The van der Waals surface area contributed by atoms with Crippen LogP contribution >= 0.6 is 11.6 Å². The molecule has 0 heterocycles. The van der Waals surface area contributed by atoms with E-state index in [-0.39, 0.29) is 29.5 Å². The van der Waals surface area contributed by atoms with Gasteiger partial charge in [-0.25, -0.2) is 13.1 Å². The number of carbonyl (C=O) groups excluding carboxylic acids is 1. The summed E-state index contributed by atoms with van der Waals surface area (Å²) >= 11 is 5.73. The average Bonchev–Trinajstić information content (AvgIpc) is 2.35. The average molecular weight is 334 g/mol. The van der Waals surface area contributed by atoms with Crippen molar-refractivity contribution in [2.45, 2.75) is 25.2 Å². The van der Waals surface area contributed by atoms with E-state index in [0.717, 1.165) is 0 Å². The SMILES string of the molecule is CC(C)CNC(=O)CCNS(=O)(=O)c1ccc(Cl)cc1N. The van der Waals surface area contributed by atoms with Gasteiger partial charge in [-0.05, 0) is 24.1 Å². The number of nitrogens with one attached hydrogen (secondary N) is 2. The maximum atomic E-state index is 12.0. The van der Waals surface area contributed by atoms with Gasteiger partial charge in [-0.15, -0.1) is 0 Å². The zero-order chi connectivity index (χ0) is 16.0. The smallest absolute Gasteiger partial charge is 0.242 e. The molecular weight excluding hydrogens is 314 g/mol. The summed E-state index contributed by atoms with van der Waals surface area (Å²) in [5, 5.41) is 3.07. The van der Waals surface area contributed by atoms with E-state index in [1.54, 1.807) is 0 Å². The topological polar surface area (TPSA) is 101 Å². The minimum absolute atomic E-state index is 0.00826. The Balaban J connectivity index is 2.56. The van der Waals surface area contributed by atoms with Gasteiger partial charge >= 0.3 is 0 Å². The molecule has 0 aliphatic heterocycles. The number of nitrogen functional groups attached to an aromatic ring is 1. The molecule has 0 atom stereocenters. The van der Waals surface area contributed by atoms with Gasteiger partial charge in [0.15, 0.2) is 0 Å². The van der Waals surface area contributed by atoms with E-state index >= 15 is 0 Å². The van der Waals surface area contributed by atoms with Crippen molar-refractivity contribution in [1.29, 1.82) is 0 Å². The van der Waals surface area contributed by atoms with Gasteiger partial charge in [0.05, 0.1) is 5.69 Å². The number of amides is 1. The fraction of sp³-hybridized carbons (Fsp3) is 0.462. The number of anilines is 1. The summed E-state index contributed by atoms with van der Waals surface area (Å²) in [6.07, 6.45) is 0.0689. The summed E-state index contributed by atoms with van der Waals surface area (Å²) in [6.45, 7) is 4.53. The molecule has 0 bridgehead atoms. The Hall–Kier alpha value is -1.31.